The van der Waals surface area contributed by atoms with Gasteiger partial charge in [-0.1, -0.05) is 30.7 Å². The number of hydrogen-bond acceptors (Lipinski definition) is 3. The fourth-order valence-corrected chi connectivity index (χ4v) is 5.10. The zero-order chi connectivity index (χ0) is 21.2. The summed E-state index contributed by atoms with van der Waals surface area (Å²) in [5.74, 6) is 0.855. The number of likely N-dealkylation sites (tertiary alicyclic amines) is 1. The Morgan fingerprint density at radius 1 is 1.13 bits per heavy atom. The highest BCUT2D eigenvalue weighted by molar-refractivity contribution is 5.84. The maximum Gasteiger partial charge on any atom is 0.223 e. The van der Waals surface area contributed by atoms with Gasteiger partial charge in [-0.2, -0.15) is 0 Å². The van der Waals surface area contributed by atoms with Gasteiger partial charge in [0.25, 0.3) is 0 Å². The molecule has 3 aromatic rings. The number of H-pyrrole nitrogens is 1. The number of carbonyl (C=O) groups is 1. The SMILES string of the molecule is Cc1c(CN2CCC([C@H](NC(=O)C3CCC3)c3ccccn3)CC2)[nH]c2ccccc12. The van der Waals surface area contributed by atoms with Crippen LogP contribution in [0.3, 0.4) is 0 Å². The molecule has 1 aliphatic heterocycles. The summed E-state index contributed by atoms with van der Waals surface area (Å²) in [6, 6.07) is 14.6. The van der Waals surface area contributed by atoms with E-state index in [1.54, 1.807) is 0 Å². The van der Waals surface area contributed by atoms with Crippen LogP contribution in [0.15, 0.2) is 48.7 Å². The highest BCUT2D eigenvalue weighted by Gasteiger charge is 2.33. The summed E-state index contributed by atoms with van der Waals surface area (Å²) in [6.07, 6.45) is 7.23. The molecule has 5 nitrogen and oxygen atoms in total. The number of piperidine rings is 1. The Morgan fingerprint density at radius 3 is 2.58 bits per heavy atom. The summed E-state index contributed by atoms with van der Waals surface area (Å²) in [4.78, 5) is 23.5. The molecule has 31 heavy (non-hydrogen) atoms. The number of carbonyl (C=O) groups excluding carboxylic acids is 1. The molecule has 1 amide bonds. The molecule has 2 aromatic heterocycles. The first kappa shape index (κ1) is 20.3. The Kier molecular flexibility index (Phi) is 5.77. The van der Waals surface area contributed by atoms with Crippen LogP contribution in [0.4, 0.5) is 0 Å². The molecule has 162 valence electrons. The van der Waals surface area contributed by atoms with Crippen molar-refractivity contribution in [3.8, 4) is 0 Å². The summed E-state index contributed by atoms with van der Waals surface area (Å²) in [6.45, 7) is 5.26. The van der Waals surface area contributed by atoms with Gasteiger partial charge in [-0.15, -0.1) is 0 Å². The molecule has 0 spiro atoms. The van der Waals surface area contributed by atoms with Crippen molar-refractivity contribution in [2.24, 2.45) is 11.8 Å². The van der Waals surface area contributed by atoms with Crippen LogP contribution >= 0.6 is 0 Å². The van der Waals surface area contributed by atoms with Crippen molar-refractivity contribution in [3.63, 3.8) is 0 Å². The molecule has 3 heterocycles. The topological polar surface area (TPSA) is 61.0 Å². The number of rotatable bonds is 6. The highest BCUT2D eigenvalue weighted by Crippen LogP contribution is 2.33. The molecule has 2 aliphatic rings. The molecule has 2 fully saturated rings. The van der Waals surface area contributed by atoms with E-state index >= 15 is 0 Å². The van der Waals surface area contributed by atoms with Gasteiger partial charge in [-0.05, 0) is 75.4 Å². The van der Waals surface area contributed by atoms with Gasteiger partial charge in [0, 0.05) is 35.3 Å². The van der Waals surface area contributed by atoms with Gasteiger partial charge >= 0.3 is 0 Å². The average Bonchev–Trinajstić information content (AvgIpc) is 3.08. The van der Waals surface area contributed by atoms with E-state index in [1.165, 1.54) is 28.6 Å². The van der Waals surface area contributed by atoms with E-state index in [0.717, 1.165) is 51.0 Å². The summed E-state index contributed by atoms with van der Waals surface area (Å²) in [5, 5.41) is 4.69. The van der Waals surface area contributed by atoms with Crippen molar-refractivity contribution >= 4 is 16.8 Å². The maximum atomic E-state index is 12.7. The molecule has 1 atom stereocenters. The fourth-order valence-electron chi connectivity index (χ4n) is 5.10. The van der Waals surface area contributed by atoms with E-state index in [4.69, 9.17) is 0 Å². The van der Waals surface area contributed by atoms with E-state index in [0.29, 0.717) is 5.92 Å². The van der Waals surface area contributed by atoms with Gasteiger partial charge in [0.05, 0.1) is 11.7 Å². The second-order valence-electron chi connectivity index (χ2n) is 9.26. The predicted octanol–water partition coefficient (Wildman–Crippen LogP) is 4.74. The molecule has 1 saturated heterocycles. The van der Waals surface area contributed by atoms with Crippen LogP contribution in [0.25, 0.3) is 10.9 Å². The number of pyridine rings is 1. The molecule has 2 N–H and O–H groups in total. The monoisotopic (exact) mass is 416 g/mol. The molecule has 1 aromatic carbocycles. The zero-order valence-corrected chi connectivity index (χ0v) is 18.3. The van der Waals surface area contributed by atoms with Crippen LogP contribution in [-0.4, -0.2) is 33.9 Å². The van der Waals surface area contributed by atoms with Crippen molar-refractivity contribution in [2.75, 3.05) is 13.1 Å². The minimum Gasteiger partial charge on any atom is -0.357 e. The van der Waals surface area contributed by atoms with Gasteiger partial charge in [0.15, 0.2) is 0 Å². The first-order valence-corrected chi connectivity index (χ1v) is 11.7. The minimum absolute atomic E-state index is 0.0197. The number of nitrogens with zero attached hydrogens (tertiary/aromatic N) is 2. The number of amides is 1. The fraction of sp³-hybridized carbons (Fsp3) is 0.462. The Labute approximate surface area is 184 Å². The number of aromatic amines is 1. The van der Waals surface area contributed by atoms with Crippen molar-refractivity contribution in [1.82, 2.24) is 20.2 Å². The van der Waals surface area contributed by atoms with Crippen LogP contribution in [0.2, 0.25) is 0 Å². The Balaban J connectivity index is 1.25. The second-order valence-corrected chi connectivity index (χ2v) is 9.26. The molecule has 1 saturated carbocycles. The van der Waals surface area contributed by atoms with Crippen LogP contribution in [0, 0.1) is 18.8 Å². The quantitative estimate of drug-likeness (QED) is 0.610. The lowest BCUT2D eigenvalue weighted by molar-refractivity contribution is -0.128. The Bertz CT molecular complexity index is 1030. The van der Waals surface area contributed by atoms with Gasteiger partial charge in [-0.25, -0.2) is 0 Å². The summed E-state index contributed by atoms with van der Waals surface area (Å²) in [7, 11) is 0. The van der Waals surface area contributed by atoms with Crippen LogP contribution < -0.4 is 5.32 Å². The van der Waals surface area contributed by atoms with E-state index in [-0.39, 0.29) is 17.9 Å². The average molecular weight is 417 g/mol. The smallest absolute Gasteiger partial charge is 0.223 e. The molecule has 1 aliphatic carbocycles. The lowest BCUT2D eigenvalue weighted by Gasteiger charge is -2.37. The highest BCUT2D eigenvalue weighted by atomic mass is 16.2. The molecule has 5 rings (SSSR count). The van der Waals surface area contributed by atoms with Crippen molar-refractivity contribution in [2.45, 2.75) is 51.6 Å². The molecule has 0 radical (unpaired) electrons. The predicted molar refractivity (Wildman–Crippen MR) is 123 cm³/mol. The van der Waals surface area contributed by atoms with E-state index < -0.39 is 0 Å². The van der Waals surface area contributed by atoms with Gasteiger partial charge < -0.3 is 10.3 Å². The lowest BCUT2D eigenvalue weighted by atomic mass is 9.83. The normalized spacial score (nSPS) is 19.3. The third-order valence-corrected chi connectivity index (χ3v) is 7.33. The van der Waals surface area contributed by atoms with Gasteiger partial charge in [0.1, 0.15) is 0 Å². The number of fused-ring (bicyclic) bond motifs is 1. The number of para-hydroxylation sites is 1. The van der Waals surface area contributed by atoms with Crippen LogP contribution in [-0.2, 0) is 11.3 Å². The number of aromatic nitrogens is 2. The third kappa shape index (κ3) is 4.24. The van der Waals surface area contributed by atoms with Crippen LogP contribution in [0.1, 0.15) is 55.1 Å². The number of hydrogen-bond donors (Lipinski definition) is 2. The molecular formula is C26H32N4O. The Hall–Kier alpha value is -2.66. The third-order valence-electron chi connectivity index (χ3n) is 7.33. The van der Waals surface area contributed by atoms with Crippen molar-refractivity contribution < 1.29 is 4.79 Å². The summed E-state index contributed by atoms with van der Waals surface area (Å²) < 4.78 is 0. The van der Waals surface area contributed by atoms with E-state index in [2.05, 4.69) is 57.4 Å². The maximum absolute atomic E-state index is 12.7. The van der Waals surface area contributed by atoms with E-state index in [1.807, 2.05) is 18.3 Å². The van der Waals surface area contributed by atoms with Gasteiger partial charge in [-0.3, -0.25) is 14.7 Å². The molecule has 0 unspecified atom stereocenters. The molecular weight excluding hydrogens is 384 g/mol. The second kappa shape index (κ2) is 8.83. The number of benzene rings is 1. The Morgan fingerprint density at radius 2 is 1.90 bits per heavy atom. The van der Waals surface area contributed by atoms with Gasteiger partial charge in [0.2, 0.25) is 5.91 Å². The zero-order valence-electron chi connectivity index (χ0n) is 18.3. The first-order valence-electron chi connectivity index (χ1n) is 11.7. The summed E-state index contributed by atoms with van der Waals surface area (Å²) >= 11 is 0. The largest absolute Gasteiger partial charge is 0.357 e. The lowest BCUT2D eigenvalue weighted by Crippen LogP contribution is -2.43. The minimum atomic E-state index is 0.0197. The summed E-state index contributed by atoms with van der Waals surface area (Å²) in [5.41, 5.74) is 4.90. The number of aryl methyl sites for hydroxylation is 1. The van der Waals surface area contributed by atoms with Crippen LogP contribution in [0.5, 0.6) is 0 Å². The van der Waals surface area contributed by atoms with E-state index in [9.17, 15) is 4.79 Å². The van der Waals surface area contributed by atoms with Crippen molar-refractivity contribution in [1.29, 1.82) is 0 Å². The molecule has 5 heteroatoms. The standard InChI is InChI=1S/C26H32N4O/c1-18-21-9-2-3-10-22(21)28-24(18)17-30-15-12-19(13-16-30)25(23-11-4-5-14-27-23)29-26(31)20-7-6-8-20/h2-5,9-11,14,19-20,25,28H,6-8,12-13,15-17H2,1H3,(H,29,31)/t25-/m0/s1. The molecule has 0 bridgehead atoms. The number of nitrogens with one attached hydrogen (secondary N) is 2. The first-order chi connectivity index (χ1) is 15.2. The van der Waals surface area contributed by atoms with Crippen molar-refractivity contribution in [3.05, 3.63) is 65.6 Å².